The van der Waals surface area contributed by atoms with Gasteiger partial charge in [0.2, 0.25) is 5.69 Å². The highest BCUT2D eigenvalue weighted by Crippen LogP contribution is 2.21. The fraction of sp³-hybridized carbons (Fsp3) is 0.0714. The minimum absolute atomic E-state index is 0.570. The molecule has 0 aromatic heterocycles. The molecule has 0 radical (unpaired) electrons. The lowest BCUT2D eigenvalue weighted by Gasteiger charge is -2.12. The summed E-state index contributed by atoms with van der Waals surface area (Å²) < 4.78 is 7.78. The molecule has 1 aliphatic rings. The van der Waals surface area contributed by atoms with E-state index in [0.29, 0.717) is 6.73 Å². The third-order valence-electron chi connectivity index (χ3n) is 2.66. The van der Waals surface area contributed by atoms with Crippen LogP contribution in [0.1, 0.15) is 5.56 Å². The van der Waals surface area contributed by atoms with Crippen LogP contribution >= 0.6 is 0 Å². The van der Waals surface area contributed by atoms with Crippen LogP contribution in [0.5, 0.6) is 5.75 Å². The summed E-state index contributed by atoms with van der Waals surface area (Å²) in [6, 6.07) is 18.3. The number of ether oxygens (including phenoxy) is 1. The average molecular weight is 210 g/mol. The molecule has 0 saturated heterocycles. The molecule has 0 amide bonds. The first kappa shape index (κ1) is 9.16. The number of benzene rings is 2. The number of nitrogens with zero attached hydrogens (tertiary/aromatic N) is 1. The largest absolute Gasteiger partial charge is 0.435 e. The lowest BCUT2D eigenvalue weighted by Crippen LogP contribution is -2.20. The minimum atomic E-state index is 0.570. The Labute approximate surface area is 94.4 Å². The number of hydrogen-bond donors (Lipinski definition) is 0. The van der Waals surface area contributed by atoms with Crippen LogP contribution in [0.3, 0.4) is 0 Å². The highest BCUT2D eigenvalue weighted by Gasteiger charge is 2.17. The van der Waals surface area contributed by atoms with Crippen LogP contribution in [0.2, 0.25) is 0 Å². The van der Waals surface area contributed by atoms with E-state index in [1.165, 1.54) is 0 Å². The monoisotopic (exact) mass is 210 g/mol. The Morgan fingerprint density at radius 1 is 0.875 bits per heavy atom. The molecule has 1 heterocycles. The minimum Gasteiger partial charge on any atom is -0.435 e. The van der Waals surface area contributed by atoms with Gasteiger partial charge >= 0.3 is 0 Å². The zero-order valence-electron chi connectivity index (χ0n) is 8.84. The van der Waals surface area contributed by atoms with Crippen molar-refractivity contribution in [2.75, 3.05) is 6.73 Å². The van der Waals surface area contributed by atoms with Gasteiger partial charge in [0.25, 0.3) is 6.73 Å². The molecule has 78 valence electrons. The molecule has 2 heteroatoms. The molecular formula is C14H12NO+. The van der Waals surface area contributed by atoms with Gasteiger partial charge in [-0.2, -0.15) is 4.58 Å². The maximum absolute atomic E-state index is 5.69. The van der Waals surface area contributed by atoms with Crippen LogP contribution < -0.4 is 4.74 Å². The number of hydrogen-bond acceptors (Lipinski definition) is 1. The molecule has 2 nitrogen and oxygen atoms in total. The third kappa shape index (κ3) is 1.58. The van der Waals surface area contributed by atoms with Crippen LogP contribution in [0.25, 0.3) is 0 Å². The maximum Gasteiger partial charge on any atom is 0.292 e. The number of rotatable bonds is 1. The van der Waals surface area contributed by atoms with Crippen molar-refractivity contribution in [3.05, 3.63) is 60.2 Å². The Bertz CT molecular complexity index is 531. The van der Waals surface area contributed by atoms with E-state index in [1.54, 1.807) is 0 Å². The Morgan fingerprint density at radius 2 is 1.62 bits per heavy atom. The number of para-hydroxylation sites is 2. The van der Waals surface area contributed by atoms with Crippen LogP contribution in [0.15, 0.2) is 54.6 Å². The van der Waals surface area contributed by atoms with Crippen molar-refractivity contribution in [3.63, 3.8) is 0 Å². The Morgan fingerprint density at radius 3 is 2.50 bits per heavy atom. The molecule has 16 heavy (non-hydrogen) atoms. The predicted octanol–water partition coefficient (Wildman–Crippen LogP) is 2.80. The zero-order valence-corrected chi connectivity index (χ0v) is 8.84. The molecular weight excluding hydrogens is 198 g/mol. The summed E-state index contributed by atoms with van der Waals surface area (Å²) in [6.07, 6.45) is 2.12. The molecule has 0 fully saturated rings. The second kappa shape index (κ2) is 3.81. The van der Waals surface area contributed by atoms with E-state index in [9.17, 15) is 0 Å². The molecule has 0 spiro atoms. The normalized spacial score (nSPS) is 13.6. The van der Waals surface area contributed by atoms with E-state index in [4.69, 9.17) is 4.74 Å². The van der Waals surface area contributed by atoms with Gasteiger partial charge < -0.3 is 4.74 Å². The van der Waals surface area contributed by atoms with Gasteiger partial charge in [-0.05, 0) is 12.1 Å². The zero-order chi connectivity index (χ0) is 10.8. The fourth-order valence-electron chi connectivity index (χ4n) is 1.83. The molecule has 2 aromatic rings. The summed E-state index contributed by atoms with van der Waals surface area (Å²) in [5, 5.41) is 0. The maximum atomic E-state index is 5.69. The lowest BCUT2D eigenvalue weighted by atomic mass is 10.2. The molecule has 3 rings (SSSR count). The molecule has 2 aromatic carbocycles. The number of fused-ring (bicyclic) bond motifs is 1. The van der Waals surface area contributed by atoms with Gasteiger partial charge in [0.05, 0.1) is 5.56 Å². The first-order valence-corrected chi connectivity index (χ1v) is 5.32. The molecule has 0 aliphatic carbocycles. The van der Waals surface area contributed by atoms with Crippen LogP contribution in [-0.4, -0.2) is 17.5 Å². The molecule has 1 aliphatic heterocycles. The molecule has 0 bridgehead atoms. The third-order valence-corrected chi connectivity index (χ3v) is 2.66. The SMILES string of the molecule is C1=[N+](c2ccccc2)COc2ccccc21. The van der Waals surface area contributed by atoms with E-state index < -0.39 is 0 Å². The highest BCUT2D eigenvalue weighted by atomic mass is 16.5. The summed E-state index contributed by atoms with van der Waals surface area (Å²) in [5.74, 6) is 0.953. The highest BCUT2D eigenvalue weighted by molar-refractivity contribution is 5.81. The van der Waals surface area contributed by atoms with Gasteiger partial charge in [0.15, 0.2) is 6.21 Å². The van der Waals surface area contributed by atoms with Crippen LogP contribution in [0.4, 0.5) is 5.69 Å². The van der Waals surface area contributed by atoms with Crippen LogP contribution in [-0.2, 0) is 0 Å². The van der Waals surface area contributed by atoms with Crippen LogP contribution in [0, 0.1) is 0 Å². The topological polar surface area (TPSA) is 12.2 Å². The van der Waals surface area contributed by atoms with Crippen molar-refractivity contribution < 1.29 is 9.31 Å². The summed E-state index contributed by atoms with van der Waals surface area (Å²) in [6.45, 7) is 0.570. The van der Waals surface area contributed by atoms with Gasteiger partial charge in [-0.1, -0.05) is 30.3 Å². The first-order chi connectivity index (χ1) is 7.93. The molecule has 0 unspecified atom stereocenters. The van der Waals surface area contributed by atoms with Crippen molar-refractivity contribution in [3.8, 4) is 5.75 Å². The van der Waals surface area contributed by atoms with Gasteiger partial charge in [0, 0.05) is 12.1 Å². The lowest BCUT2D eigenvalue weighted by molar-refractivity contribution is -0.476. The van der Waals surface area contributed by atoms with E-state index >= 15 is 0 Å². The summed E-state index contributed by atoms with van der Waals surface area (Å²) >= 11 is 0. The van der Waals surface area contributed by atoms with E-state index in [1.807, 2.05) is 36.4 Å². The Hall–Kier alpha value is -2.09. The summed E-state index contributed by atoms with van der Waals surface area (Å²) in [7, 11) is 0. The van der Waals surface area contributed by atoms with Gasteiger partial charge in [0.1, 0.15) is 5.75 Å². The average Bonchev–Trinajstić information content (AvgIpc) is 2.39. The van der Waals surface area contributed by atoms with Crippen molar-refractivity contribution in [1.29, 1.82) is 0 Å². The molecule has 0 N–H and O–H groups in total. The second-order valence-corrected chi connectivity index (χ2v) is 3.75. The van der Waals surface area contributed by atoms with E-state index in [-0.39, 0.29) is 0 Å². The van der Waals surface area contributed by atoms with Gasteiger partial charge in [-0.25, -0.2) is 0 Å². The van der Waals surface area contributed by atoms with Gasteiger partial charge in [-0.15, -0.1) is 0 Å². The quantitative estimate of drug-likeness (QED) is 0.659. The van der Waals surface area contributed by atoms with E-state index in [0.717, 1.165) is 17.0 Å². The standard InChI is InChI=1S/C14H12NO/c1-2-7-13(8-3-1)15-10-12-6-4-5-9-14(12)16-11-15/h1-10H,11H2/q+1. The Balaban J connectivity index is 2.04. The van der Waals surface area contributed by atoms with Crippen molar-refractivity contribution >= 4 is 11.9 Å². The smallest absolute Gasteiger partial charge is 0.292 e. The Kier molecular flexibility index (Phi) is 2.18. The predicted molar refractivity (Wildman–Crippen MR) is 63.5 cm³/mol. The van der Waals surface area contributed by atoms with Crippen molar-refractivity contribution in [1.82, 2.24) is 0 Å². The molecule has 0 atom stereocenters. The summed E-state index contributed by atoms with van der Waals surface area (Å²) in [5.41, 5.74) is 2.27. The fourth-order valence-corrected chi connectivity index (χ4v) is 1.83. The first-order valence-electron chi connectivity index (χ1n) is 5.32. The van der Waals surface area contributed by atoms with Crippen molar-refractivity contribution in [2.45, 2.75) is 0 Å². The second-order valence-electron chi connectivity index (χ2n) is 3.75. The summed E-state index contributed by atoms with van der Waals surface area (Å²) in [4.78, 5) is 0. The molecule has 0 saturated carbocycles. The van der Waals surface area contributed by atoms with Crippen molar-refractivity contribution in [2.24, 2.45) is 0 Å². The van der Waals surface area contributed by atoms with E-state index in [2.05, 4.69) is 29.0 Å². The van der Waals surface area contributed by atoms with Gasteiger partial charge in [-0.3, -0.25) is 0 Å².